The quantitative estimate of drug-likeness (QED) is 0.673. The fourth-order valence-electron chi connectivity index (χ4n) is 1.88. The Bertz CT molecular complexity index is 232. The summed E-state index contributed by atoms with van der Waals surface area (Å²) < 4.78 is 5.30. The van der Waals surface area contributed by atoms with Gasteiger partial charge in [0.1, 0.15) is 5.60 Å². The average Bonchev–Trinajstić information content (AvgIpc) is 2.58. The molecular formula is C12H23NO3. The summed E-state index contributed by atoms with van der Waals surface area (Å²) >= 11 is 0. The van der Waals surface area contributed by atoms with Crippen LogP contribution in [-0.4, -0.2) is 35.9 Å². The summed E-state index contributed by atoms with van der Waals surface area (Å²) in [6.07, 6.45) is 4.08. The zero-order chi connectivity index (χ0) is 12.0. The Morgan fingerprint density at radius 3 is 2.88 bits per heavy atom. The molecule has 2 N–H and O–H groups in total. The minimum Gasteiger partial charge on any atom is -0.385 e. The van der Waals surface area contributed by atoms with Crippen molar-refractivity contribution < 1.29 is 14.6 Å². The molecule has 0 aliphatic carbocycles. The molecule has 94 valence electrons. The summed E-state index contributed by atoms with van der Waals surface area (Å²) in [6, 6.07) is 0. The second kappa shape index (κ2) is 6.21. The molecule has 1 saturated heterocycles. The van der Waals surface area contributed by atoms with Gasteiger partial charge in [0.2, 0.25) is 5.91 Å². The van der Waals surface area contributed by atoms with Gasteiger partial charge in [0.25, 0.3) is 0 Å². The van der Waals surface area contributed by atoms with Crippen molar-refractivity contribution in [2.24, 2.45) is 0 Å². The van der Waals surface area contributed by atoms with Gasteiger partial charge >= 0.3 is 0 Å². The lowest BCUT2D eigenvalue weighted by Gasteiger charge is -2.26. The van der Waals surface area contributed by atoms with E-state index in [1.165, 1.54) is 0 Å². The SMILES string of the molecule is CCCCCC(=O)NCC1(O)CCOC1C. The van der Waals surface area contributed by atoms with E-state index in [0.717, 1.165) is 19.3 Å². The van der Waals surface area contributed by atoms with E-state index in [0.29, 0.717) is 26.0 Å². The zero-order valence-corrected chi connectivity index (χ0v) is 10.3. The van der Waals surface area contributed by atoms with Gasteiger partial charge in [-0.25, -0.2) is 0 Å². The summed E-state index contributed by atoms with van der Waals surface area (Å²) in [5, 5.41) is 12.9. The van der Waals surface area contributed by atoms with E-state index >= 15 is 0 Å². The number of rotatable bonds is 6. The minimum atomic E-state index is -0.875. The first kappa shape index (κ1) is 13.5. The van der Waals surface area contributed by atoms with Gasteiger partial charge < -0.3 is 15.2 Å². The normalized spacial score (nSPS) is 29.3. The van der Waals surface area contributed by atoms with Crippen LogP contribution in [0.15, 0.2) is 0 Å². The van der Waals surface area contributed by atoms with Gasteiger partial charge in [-0.2, -0.15) is 0 Å². The summed E-state index contributed by atoms with van der Waals surface area (Å²) in [5.74, 6) is 0.0287. The fraction of sp³-hybridized carbons (Fsp3) is 0.917. The van der Waals surface area contributed by atoms with Crippen LogP contribution in [-0.2, 0) is 9.53 Å². The first-order chi connectivity index (χ1) is 7.58. The lowest BCUT2D eigenvalue weighted by atomic mass is 9.96. The molecule has 1 rings (SSSR count). The third-order valence-electron chi connectivity index (χ3n) is 3.26. The second-order valence-corrected chi connectivity index (χ2v) is 4.60. The van der Waals surface area contributed by atoms with Crippen molar-refractivity contribution in [3.8, 4) is 0 Å². The van der Waals surface area contributed by atoms with Gasteiger partial charge in [-0.15, -0.1) is 0 Å². The summed E-state index contributed by atoms with van der Waals surface area (Å²) in [4.78, 5) is 11.5. The number of aliphatic hydroxyl groups is 1. The van der Waals surface area contributed by atoms with Crippen LogP contribution in [0.25, 0.3) is 0 Å². The predicted molar refractivity (Wildman–Crippen MR) is 62.1 cm³/mol. The second-order valence-electron chi connectivity index (χ2n) is 4.60. The van der Waals surface area contributed by atoms with Crippen molar-refractivity contribution >= 4 is 5.91 Å². The van der Waals surface area contributed by atoms with Gasteiger partial charge in [-0.1, -0.05) is 19.8 Å². The molecule has 0 aromatic rings. The molecule has 1 amide bonds. The molecule has 0 radical (unpaired) electrons. The maximum Gasteiger partial charge on any atom is 0.220 e. The largest absolute Gasteiger partial charge is 0.385 e. The standard InChI is InChI=1S/C12H23NO3/c1-3-4-5-6-11(14)13-9-12(15)7-8-16-10(12)2/h10,15H,3-9H2,1-2H3,(H,13,14). The molecule has 1 aliphatic rings. The van der Waals surface area contributed by atoms with E-state index in [1.54, 1.807) is 0 Å². The first-order valence-corrected chi connectivity index (χ1v) is 6.19. The lowest BCUT2D eigenvalue weighted by molar-refractivity contribution is -0.123. The smallest absolute Gasteiger partial charge is 0.220 e. The van der Waals surface area contributed by atoms with Crippen molar-refractivity contribution in [2.45, 2.75) is 57.7 Å². The molecule has 4 heteroatoms. The highest BCUT2D eigenvalue weighted by molar-refractivity contribution is 5.75. The van der Waals surface area contributed by atoms with Crippen LogP contribution in [0, 0.1) is 0 Å². The molecule has 1 aliphatic heterocycles. The number of amides is 1. The fourth-order valence-corrected chi connectivity index (χ4v) is 1.88. The van der Waals surface area contributed by atoms with E-state index in [2.05, 4.69) is 12.2 Å². The Hall–Kier alpha value is -0.610. The number of hydrogen-bond donors (Lipinski definition) is 2. The van der Waals surface area contributed by atoms with Crippen LogP contribution >= 0.6 is 0 Å². The maximum absolute atomic E-state index is 11.5. The molecule has 1 heterocycles. The zero-order valence-electron chi connectivity index (χ0n) is 10.3. The molecule has 4 nitrogen and oxygen atoms in total. The Morgan fingerprint density at radius 2 is 2.31 bits per heavy atom. The van der Waals surface area contributed by atoms with Crippen molar-refractivity contribution in [2.75, 3.05) is 13.2 Å². The molecule has 0 spiro atoms. The van der Waals surface area contributed by atoms with Gasteiger partial charge in [0, 0.05) is 26.0 Å². The molecule has 2 unspecified atom stereocenters. The van der Waals surface area contributed by atoms with Gasteiger partial charge in [-0.3, -0.25) is 4.79 Å². The van der Waals surface area contributed by atoms with Crippen LogP contribution in [0.1, 0.15) is 46.0 Å². The monoisotopic (exact) mass is 229 g/mol. The Kier molecular flexibility index (Phi) is 5.22. The number of hydrogen-bond acceptors (Lipinski definition) is 3. The van der Waals surface area contributed by atoms with Gasteiger partial charge in [0.05, 0.1) is 6.10 Å². The van der Waals surface area contributed by atoms with E-state index in [1.807, 2.05) is 6.92 Å². The summed E-state index contributed by atoms with van der Waals surface area (Å²) in [6.45, 7) is 4.83. The highest BCUT2D eigenvalue weighted by Gasteiger charge is 2.39. The summed E-state index contributed by atoms with van der Waals surface area (Å²) in [5.41, 5.74) is -0.875. The predicted octanol–water partition coefficient (Wildman–Crippen LogP) is 1.22. The highest BCUT2D eigenvalue weighted by atomic mass is 16.5. The van der Waals surface area contributed by atoms with Crippen molar-refractivity contribution in [3.63, 3.8) is 0 Å². The molecule has 0 saturated carbocycles. The van der Waals surface area contributed by atoms with Crippen molar-refractivity contribution in [3.05, 3.63) is 0 Å². The molecule has 16 heavy (non-hydrogen) atoms. The van der Waals surface area contributed by atoms with Crippen molar-refractivity contribution in [1.29, 1.82) is 0 Å². The molecule has 1 fully saturated rings. The molecule has 0 aromatic carbocycles. The lowest BCUT2D eigenvalue weighted by Crippen LogP contribution is -2.47. The van der Waals surface area contributed by atoms with E-state index < -0.39 is 5.60 Å². The van der Waals surface area contributed by atoms with Crippen LogP contribution in [0.4, 0.5) is 0 Å². The third-order valence-corrected chi connectivity index (χ3v) is 3.26. The van der Waals surface area contributed by atoms with Crippen LogP contribution in [0.3, 0.4) is 0 Å². The number of unbranched alkanes of at least 4 members (excludes halogenated alkanes) is 2. The maximum atomic E-state index is 11.5. The van der Waals surface area contributed by atoms with E-state index in [9.17, 15) is 9.90 Å². The number of carbonyl (C=O) groups is 1. The van der Waals surface area contributed by atoms with Gasteiger partial charge in [-0.05, 0) is 13.3 Å². The van der Waals surface area contributed by atoms with Crippen LogP contribution in [0.5, 0.6) is 0 Å². The Morgan fingerprint density at radius 1 is 1.56 bits per heavy atom. The van der Waals surface area contributed by atoms with E-state index in [-0.39, 0.29) is 12.0 Å². The van der Waals surface area contributed by atoms with E-state index in [4.69, 9.17) is 4.74 Å². The molecular weight excluding hydrogens is 206 g/mol. The minimum absolute atomic E-state index is 0.0287. The van der Waals surface area contributed by atoms with Gasteiger partial charge in [0.15, 0.2) is 0 Å². The number of ether oxygens (including phenoxy) is 1. The number of nitrogens with one attached hydrogen (secondary N) is 1. The third kappa shape index (κ3) is 3.76. The molecule has 0 aromatic heterocycles. The van der Waals surface area contributed by atoms with Crippen LogP contribution < -0.4 is 5.32 Å². The Balaban J connectivity index is 2.20. The molecule has 2 atom stereocenters. The highest BCUT2D eigenvalue weighted by Crippen LogP contribution is 2.24. The average molecular weight is 229 g/mol. The summed E-state index contributed by atoms with van der Waals surface area (Å²) in [7, 11) is 0. The molecule has 0 bridgehead atoms. The number of carbonyl (C=O) groups excluding carboxylic acids is 1. The first-order valence-electron chi connectivity index (χ1n) is 6.19. The Labute approximate surface area is 97.4 Å². The van der Waals surface area contributed by atoms with Crippen molar-refractivity contribution in [1.82, 2.24) is 5.32 Å². The van der Waals surface area contributed by atoms with Crippen LogP contribution in [0.2, 0.25) is 0 Å². The topological polar surface area (TPSA) is 58.6 Å².